The summed E-state index contributed by atoms with van der Waals surface area (Å²) in [6.45, 7) is 11.2. The summed E-state index contributed by atoms with van der Waals surface area (Å²) in [6, 6.07) is 9.75. The van der Waals surface area contributed by atoms with Gasteiger partial charge in [0.15, 0.2) is 0 Å². The van der Waals surface area contributed by atoms with E-state index in [4.69, 9.17) is 0 Å². The third-order valence-corrected chi connectivity index (χ3v) is 4.63. The smallest absolute Gasteiger partial charge is 0.0233 e. The van der Waals surface area contributed by atoms with E-state index in [0.29, 0.717) is 0 Å². The fraction of sp³-hybridized carbons (Fsp3) is 0.667. The zero-order chi connectivity index (χ0) is 15.1. The first kappa shape index (κ1) is 16.5. The average molecular weight is 289 g/mol. The lowest BCUT2D eigenvalue weighted by Crippen LogP contribution is -2.42. The van der Waals surface area contributed by atoms with Crippen molar-refractivity contribution in [2.45, 2.75) is 45.8 Å². The van der Waals surface area contributed by atoms with Crippen LogP contribution in [0, 0.1) is 0 Å². The third-order valence-electron chi connectivity index (χ3n) is 4.63. The number of likely N-dealkylation sites (tertiary alicyclic amines) is 1. The predicted molar refractivity (Wildman–Crippen MR) is 90.4 cm³/mol. The van der Waals surface area contributed by atoms with Gasteiger partial charge in [0, 0.05) is 19.1 Å². The Morgan fingerprint density at radius 2 is 1.90 bits per heavy atom. The normalized spacial score (nSPS) is 17.5. The second-order valence-corrected chi connectivity index (χ2v) is 6.18. The van der Waals surface area contributed by atoms with Gasteiger partial charge >= 0.3 is 0 Å². The van der Waals surface area contributed by atoms with Crippen LogP contribution in [0.15, 0.2) is 24.3 Å². The monoisotopic (exact) mass is 289 g/mol. The molecule has 1 aromatic rings. The average Bonchev–Trinajstić information content (AvgIpc) is 2.53. The molecule has 0 radical (unpaired) electrons. The Bertz CT molecular complexity index is 411. The summed E-state index contributed by atoms with van der Waals surface area (Å²) in [5, 5.41) is 3.40. The van der Waals surface area contributed by atoms with Crippen LogP contribution in [-0.2, 0) is 13.1 Å². The van der Waals surface area contributed by atoms with E-state index in [-0.39, 0.29) is 0 Å². The number of benzene rings is 1. The molecule has 0 spiro atoms. The molecule has 3 heteroatoms. The van der Waals surface area contributed by atoms with E-state index in [1.165, 1.54) is 43.6 Å². The molecule has 1 N–H and O–H groups in total. The summed E-state index contributed by atoms with van der Waals surface area (Å²) < 4.78 is 0. The van der Waals surface area contributed by atoms with Crippen molar-refractivity contribution in [2.24, 2.45) is 0 Å². The van der Waals surface area contributed by atoms with Crippen molar-refractivity contribution in [2.75, 3.05) is 33.2 Å². The summed E-state index contributed by atoms with van der Waals surface area (Å²) in [5.74, 6) is 0. The van der Waals surface area contributed by atoms with Crippen molar-refractivity contribution in [3.05, 3.63) is 35.4 Å². The Morgan fingerprint density at radius 3 is 2.57 bits per heavy atom. The van der Waals surface area contributed by atoms with Gasteiger partial charge in [0.1, 0.15) is 0 Å². The molecule has 0 amide bonds. The zero-order valence-corrected chi connectivity index (χ0v) is 13.9. The number of hydrogen-bond donors (Lipinski definition) is 1. The van der Waals surface area contributed by atoms with Crippen molar-refractivity contribution in [3.63, 3.8) is 0 Å². The standard InChI is InChI=1S/C18H31N3/c1-4-19-14-16-7-6-8-17(13-16)15-20(3)18-9-11-21(5-2)12-10-18/h6-8,13,18-19H,4-5,9-12,14-15H2,1-3H3. The number of nitrogens with zero attached hydrogens (tertiary/aromatic N) is 2. The first-order valence-corrected chi connectivity index (χ1v) is 8.44. The molecule has 1 aliphatic heterocycles. The highest BCUT2D eigenvalue weighted by Gasteiger charge is 2.21. The first-order valence-electron chi connectivity index (χ1n) is 8.44. The Balaban J connectivity index is 1.86. The van der Waals surface area contributed by atoms with Crippen molar-refractivity contribution >= 4 is 0 Å². The fourth-order valence-corrected chi connectivity index (χ4v) is 3.20. The fourth-order valence-electron chi connectivity index (χ4n) is 3.20. The molecule has 1 fully saturated rings. The van der Waals surface area contributed by atoms with Crippen LogP contribution in [0.5, 0.6) is 0 Å². The maximum Gasteiger partial charge on any atom is 0.0233 e. The van der Waals surface area contributed by atoms with E-state index in [1.807, 2.05) is 0 Å². The Labute approximate surface area is 130 Å². The quantitative estimate of drug-likeness (QED) is 0.832. The molecule has 3 nitrogen and oxygen atoms in total. The van der Waals surface area contributed by atoms with Crippen molar-refractivity contribution in [1.29, 1.82) is 0 Å². The molecule has 1 aromatic carbocycles. The molecule has 0 bridgehead atoms. The molecule has 2 rings (SSSR count). The van der Waals surface area contributed by atoms with Crippen molar-refractivity contribution in [1.82, 2.24) is 15.1 Å². The summed E-state index contributed by atoms with van der Waals surface area (Å²) in [7, 11) is 2.28. The van der Waals surface area contributed by atoms with E-state index >= 15 is 0 Å². The minimum Gasteiger partial charge on any atom is -0.313 e. The molecule has 118 valence electrons. The highest BCUT2D eigenvalue weighted by atomic mass is 15.2. The Morgan fingerprint density at radius 1 is 1.19 bits per heavy atom. The van der Waals surface area contributed by atoms with E-state index < -0.39 is 0 Å². The summed E-state index contributed by atoms with van der Waals surface area (Å²) in [5.41, 5.74) is 2.83. The molecule has 0 saturated carbocycles. The van der Waals surface area contributed by atoms with Gasteiger partial charge in [0.05, 0.1) is 0 Å². The van der Waals surface area contributed by atoms with Crippen LogP contribution in [0.1, 0.15) is 37.8 Å². The van der Waals surface area contributed by atoms with Gasteiger partial charge in [-0.05, 0) is 57.2 Å². The van der Waals surface area contributed by atoms with Crippen LogP contribution in [0.2, 0.25) is 0 Å². The van der Waals surface area contributed by atoms with Crippen LogP contribution in [0.25, 0.3) is 0 Å². The Hall–Kier alpha value is -0.900. The van der Waals surface area contributed by atoms with Crippen molar-refractivity contribution in [3.8, 4) is 0 Å². The van der Waals surface area contributed by atoms with E-state index in [0.717, 1.165) is 25.7 Å². The van der Waals surface area contributed by atoms with Crippen LogP contribution in [0.4, 0.5) is 0 Å². The van der Waals surface area contributed by atoms with Gasteiger partial charge in [0.25, 0.3) is 0 Å². The molecule has 0 atom stereocenters. The van der Waals surface area contributed by atoms with Crippen LogP contribution >= 0.6 is 0 Å². The zero-order valence-electron chi connectivity index (χ0n) is 13.9. The Kier molecular flexibility index (Phi) is 6.68. The minimum absolute atomic E-state index is 0.741. The van der Waals surface area contributed by atoms with Gasteiger partial charge in [-0.3, -0.25) is 4.90 Å². The summed E-state index contributed by atoms with van der Waals surface area (Å²) in [4.78, 5) is 5.10. The van der Waals surface area contributed by atoms with E-state index in [1.54, 1.807) is 0 Å². The van der Waals surface area contributed by atoms with Gasteiger partial charge in [0.2, 0.25) is 0 Å². The largest absolute Gasteiger partial charge is 0.313 e. The lowest BCUT2D eigenvalue weighted by molar-refractivity contribution is 0.127. The van der Waals surface area contributed by atoms with Gasteiger partial charge in [-0.2, -0.15) is 0 Å². The third kappa shape index (κ3) is 5.10. The van der Waals surface area contributed by atoms with Crippen LogP contribution in [-0.4, -0.2) is 49.1 Å². The second kappa shape index (κ2) is 8.52. The van der Waals surface area contributed by atoms with Crippen LogP contribution in [0.3, 0.4) is 0 Å². The van der Waals surface area contributed by atoms with E-state index in [2.05, 4.69) is 60.3 Å². The SMILES string of the molecule is CCNCc1cccc(CN(C)C2CCN(CC)CC2)c1. The highest BCUT2D eigenvalue weighted by molar-refractivity contribution is 5.23. The molecule has 21 heavy (non-hydrogen) atoms. The second-order valence-electron chi connectivity index (χ2n) is 6.18. The van der Waals surface area contributed by atoms with Gasteiger partial charge < -0.3 is 10.2 Å². The maximum absolute atomic E-state index is 3.40. The lowest BCUT2D eigenvalue weighted by atomic mass is 10.0. The number of nitrogens with one attached hydrogen (secondary N) is 1. The molecule has 0 unspecified atom stereocenters. The molecule has 1 heterocycles. The number of piperidine rings is 1. The lowest BCUT2D eigenvalue weighted by Gasteiger charge is -2.36. The molecule has 0 aliphatic carbocycles. The molecule has 1 saturated heterocycles. The minimum atomic E-state index is 0.741. The van der Waals surface area contributed by atoms with Crippen molar-refractivity contribution < 1.29 is 0 Å². The number of hydrogen-bond acceptors (Lipinski definition) is 3. The predicted octanol–water partition coefficient (Wildman–Crippen LogP) is 2.71. The first-order chi connectivity index (χ1) is 10.2. The van der Waals surface area contributed by atoms with E-state index in [9.17, 15) is 0 Å². The topological polar surface area (TPSA) is 18.5 Å². The van der Waals surface area contributed by atoms with Gasteiger partial charge in [-0.1, -0.05) is 38.1 Å². The van der Waals surface area contributed by atoms with Gasteiger partial charge in [-0.25, -0.2) is 0 Å². The molecule has 0 aromatic heterocycles. The van der Waals surface area contributed by atoms with Gasteiger partial charge in [-0.15, -0.1) is 0 Å². The number of rotatable bonds is 7. The summed E-state index contributed by atoms with van der Waals surface area (Å²) in [6.07, 6.45) is 2.61. The highest BCUT2D eigenvalue weighted by Crippen LogP contribution is 2.17. The summed E-state index contributed by atoms with van der Waals surface area (Å²) >= 11 is 0. The molecule has 1 aliphatic rings. The molecular weight excluding hydrogens is 258 g/mol. The molecular formula is C18H31N3. The van der Waals surface area contributed by atoms with Crippen LogP contribution < -0.4 is 5.32 Å². The maximum atomic E-state index is 3.40.